The maximum Gasteiger partial charge on any atom is 0.311 e. The van der Waals surface area contributed by atoms with Crippen LogP contribution < -0.4 is 0 Å². The number of ether oxygens (including phenoxy) is 11. The highest BCUT2D eigenvalue weighted by Gasteiger charge is 2.45. The van der Waals surface area contributed by atoms with E-state index in [4.69, 9.17) is 47.4 Å². The van der Waals surface area contributed by atoms with Crippen molar-refractivity contribution in [2.45, 2.75) is 500 Å². The molecular formula is C106H218O20. The monoisotopic (exact) mass is 1810 g/mol. The molecule has 8 rings (SSSR count). The predicted molar refractivity (Wildman–Crippen MR) is 530 cm³/mol. The van der Waals surface area contributed by atoms with Gasteiger partial charge >= 0.3 is 41.8 Å². The van der Waals surface area contributed by atoms with Crippen molar-refractivity contribution in [3.63, 3.8) is 0 Å². The summed E-state index contributed by atoms with van der Waals surface area (Å²) in [5, 5.41) is 20.5. The van der Waals surface area contributed by atoms with Crippen molar-refractivity contribution in [1.29, 1.82) is 0 Å². The maximum absolute atomic E-state index is 12.2. The summed E-state index contributed by atoms with van der Waals surface area (Å²) in [6, 6.07) is 0. The number of hydrogen-bond donors (Lipinski definition) is 2. The van der Waals surface area contributed by atoms with Gasteiger partial charge in [0.15, 0.2) is 12.6 Å². The second-order valence-electron chi connectivity index (χ2n) is 36.6. The van der Waals surface area contributed by atoms with Crippen molar-refractivity contribution in [2.24, 2.45) is 107 Å². The van der Waals surface area contributed by atoms with Crippen molar-refractivity contribution in [3.05, 3.63) is 0 Å². The number of rotatable bonds is 35. The van der Waals surface area contributed by atoms with E-state index in [9.17, 15) is 43.8 Å². The molecule has 0 aromatic heterocycles. The summed E-state index contributed by atoms with van der Waals surface area (Å²) < 4.78 is 58.5. The predicted octanol–water partition coefficient (Wildman–Crippen LogP) is 28.5. The molecule has 8 aliphatic rings. The second-order valence-corrected chi connectivity index (χ2v) is 36.6. The van der Waals surface area contributed by atoms with Crippen LogP contribution in [0.2, 0.25) is 0 Å². The molecule has 6 saturated carbocycles. The Morgan fingerprint density at radius 3 is 1.13 bits per heavy atom. The minimum atomic E-state index is -0.955. The van der Waals surface area contributed by atoms with Gasteiger partial charge in [-0.1, -0.05) is 249 Å². The summed E-state index contributed by atoms with van der Waals surface area (Å²) in [6.45, 7) is 41.1. The first kappa shape index (κ1) is 142. The number of carbonyl (C=O) groups excluding carboxylic acids is 7. The highest BCUT2D eigenvalue weighted by molar-refractivity contribution is 5.74. The van der Waals surface area contributed by atoms with E-state index < -0.39 is 23.6 Å². The van der Waals surface area contributed by atoms with E-state index in [-0.39, 0.29) is 193 Å². The fourth-order valence-electron chi connectivity index (χ4n) is 20.5. The van der Waals surface area contributed by atoms with E-state index in [0.29, 0.717) is 84.5 Å². The van der Waals surface area contributed by atoms with Crippen LogP contribution >= 0.6 is 0 Å². The molecule has 126 heavy (non-hydrogen) atoms. The van der Waals surface area contributed by atoms with Gasteiger partial charge in [0.05, 0.1) is 83.3 Å². The van der Waals surface area contributed by atoms with E-state index in [1.165, 1.54) is 131 Å². The zero-order valence-electron chi connectivity index (χ0n) is 76.2. The van der Waals surface area contributed by atoms with Crippen molar-refractivity contribution in [3.8, 4) is 0 Å². The Balaban J connectivity index is -0.000000158. The quantitative estimate of drug-likeness (QED) is 0.0339. The van der Waals surface area contributed by atoms with E-state index in [1.807, 2.05) is 27.7 Å². The van der Waals surface area contributed by atoms with E-state index in [1.54, 1.807) is 13.8 Å². The molecule has 0 spiro atoms. The Hall–Kier alpha value is -3.95. The van der Waals surface area contributed by atoms with Gasteiger partial charge in [-0.05, 0) is 258 Å². The Kier molecular flexibility index (Phi) is 86.4. The van der Waals surface area contributed by atoms with Crippen molar-refractivity contribution >= 4 is 41.8 Å². The highest BCUT2D eigenvalue weighted by Crippen LogP contribution is 2.49. The molecule has 0 aromatic carbocycles. The molecule has 20 heteroatoms. The lowest BCUT2D eigenvalue weighted by atomic mass is 9.82. The number of hydrogen-bond acceptors (Lipinski definition) is 20. The highest BCUT2D eigenvalue weighted by atomic mass is 16.7. The summed E-state index contributed by atoms with van der Waals surface area (Å²) in [5.74, 6) is 8.71. The van der Waals surface area contributed by atoms with Crippen LogP contribution in [0.4, 0.5) is 0 Å². The van der Waals surface area contributed by atoms with Gasteiger partial charge in [0.1, 0.15) is 11.7 Å². The first-order valence-corrected chi connectivity index (χ1v) is 46.1. The third-order valence-electron chi connectivity index (χ3n) is 27.2. The molecule has 0 amide bonds. The molecule has 2 heterocycles. The standard InChI is InChI=1S/C18H32O4.C18H34O3.C15H26O4.C15H26O3.2C14H26O3.12CH4/c1-4-13-10-14(5-2)15(11-13)16(12-17(19)20-3)22-18-8-6-7-9-21-18;1-7-13-9-14(8-2)15(10-13)11-18(6,20)12-16(19)21-17(3,4)5;1-5-11-7-12(6-2)13(8-11)14(19-10(3)16)9-15(17)18-4;1-3-11-9-12(4-2)13(10-11)15(16)18-14-7-5-6-8-17-14;1-5-11-8-12(6-2)13(9-11)14(15)17-10(4)16-7-3;1-4-10-6-11(5-2)12(7-10)8-13(15)9-14(16)17-3;;;;;;;;;;;;/h13-16,18H,4-12H2,1-3H3;13-15,20H,7-12H2,1-6H3;11-14H,5-9H2,1-4H3;11-14H,3-10H2,1-2H3;10-13H,5-9H2,1-4H3;10-13,15H,4-9H2,1-3H3;12*1H4. The van der Waals surface area contributed by atoms with Gasteiger partial charge in [0.2, 0.25) is 6.29 Å². The summed E-state index contributed by atoms with van der Waals surface area (Å²) in [6.07, 6.45) is 34.7. The number of aliphatic hydroxyl groups is 2. The summed E-state index contributed by atoms with van der Waals surface area (Å²) in [7, 11) is 4.19. The lowest BCUT2D eigenvalue weighted by molar-refractivity contribution is -0.205. The van der Waals surface area contributed by atoms with Crippen LogP contribution in [0.5, 0.6) is 0 Å². The van der Waals surface area contributed by atoms with Gasteiger partial charge in [-0.2, -0.15) is 0 Å². The van der Waals surface area contributed by atoms with Crippen LogP contribution in [-0.4, -0.2) is 142 Å². The number of esters is 7. The average Bonchev–Trinajstić information content (AvgIpc) is 1.69. The van der Waals surface area contributed by atoms with Crippen molar-refractivity contribution in [2.75, 3.05) is 41.2 Å². The first-order valence-electron chi connectivity index (χ1n) is 46.1. The van der Waals surface area contributed by atoms with Gasteiger partial charge in [-0.3, -0.25) is 33.6 Å². The lowest BCUT2D eigenvalue weighted by Crippen LogP contribution is -2.36. The lowest BCUT2D eigenvalue weighted by Gasteiger charge is -2.32. The minimum absolute atomic E-state index is 0. The van der Waals surface area contributed by atoms with Crippen LogP contribution in [0.25, 0.3) is 0 Å². The molecule has 0 radical (unpaired) electrons. The van der Waals surface area contributed by atoms with E-state index in [0.717, 1.165) is 133 Å². The Morgan fingerprint density at radius 1 is 0.397 bits per heavy atom. The van der Waals surface area contributed by atoms with Gasteiger partial charge in [-0.25, -0.2) is 0 Å². The fourth-order valence-corrected chi connectivity index (χ4v) is 20.5. The molecule has 20 nitrogen and oxygen atoms in total. The van der Waals surface area contributed by atoms with Gasteiger partial charge in [0, 0.05) is 26.6 Å². The third kappa shape index (κ3) is 52.5. The summed E-state index contributed by atoms with van der Waals surface area (Å²) in [5.41, 5.74) is -1.44. The largest absolute Gasteiger partial charge is 0.469 e. The fraction of sp³-hybridized carbons (Fsp3) is 0.934. The molecule has 6 aliphatic carbocycles. The van der Waals surface area contributed by atoms with Gasteiger partial charge in [-0.15, -0.1) is 0 Å². The molecule has 762 valence electrons. The van der Waals surface area contributed by atoms with Crippen molar-refractivity contribution < 1.29 is 95.9 Å². The van der Waals surface area contributed by atoms with E-state index >= 15 is 0 Å². The van der Waals surface area contributed by atoms with Gasteiger partial charge < -0.3 is 62.3 Å². The zero-order valence-corrected chi connectivity index (χ0v) is 76.2. The summed E-state index contributed by atoms with van der Waals surface area (Å²) >= 11 is 0. The average molecular weight is 1810 g/mol. The first-order chi connectivity index (χ1) is 54.2. The number of methoxy groups -OCH3 is 3. The SMILES string of the molecule is C.C.C.C.C.C.C.C.C.C.C.C.CCC1CC(CC)C(C(=O)OC2CCCCO2)C1.CCC1CC(CC)C(C(CC(=O)OC)OC(C)=O)C1.CCC1CC(CC)C(C(CC(=O)OC)OC2CCCCO2)C1.CCC1CC(CC)C(CC(C)(O)CC(=O)OC(C)(C)C)C1.CCC1CC(CC)C(CC(O)CC(=O)OC)C1.CCOC(C)OC(=O)C1CC(CC)CC1CC. The topological polar surface area (TPSA) is 261 Å². The van der Waals surface area contributed by atoms with Gasteiger partial charge in [0.25, 0.3) is 0 Å². The van der Waals surface area contributed by atoms with Crippen LogP contribution in [0.3, 0.4) is 0 Å². The Bertz CT molecular complexity index is 2650. The zero-order chi connectivity index (χ0) is 85.3. The number of carbonyl (C=O) groups is 7. The molecular weight excluding hydrogens is 1590 g/mol. The Morgan fingerprint density at radius 2 is 0.746 bits per heavy atom. The van der Waals surface area contributed by atoms with E-state index in [2.05, 4.69) is 87.8 Å². The molecule has 25 unspecified atom stereocenters. The minimum Gasteiger partial charge on any atom is -0.469 e. The van der Waals surface area contributed by atoms with Crippen LogP contribution in [0.15, 0.2) is 0 Å². The third-order valence-corrected chi connectivity index (χ3v) is 27.2. The normalized spacial score (nSPS) is 28.3. The summed E-state index contributed by atoms with van der Waals surface area (Å²) in [4.78, 5) is 81.9. The smallest absolute Gasteiger partial charge is 0.311 e. The molecule has 0 aromatic rings. The van der Waals surface area contributed by atoms with Crippen LogP contribution in [-0.2, 0) is 85.7 Å². The van der Waals surface area contributed by atoms with Crippen LogP contribution in [0.1, 0.15) is 452 Å². The Labute approximate surface area is 781 Å². The molecule has 2 saturated heterocycles. The van der Waals surface area contributed by atoms with Crippen LogP contribution in [0, 0.1) is 107 Å². The molecule has 0 bridgehead atoms. The molecule has 2 aliphatic heterocycles. The molecule has 25 atom stereocenters. The number of aliphatic hydroxyl groups excluding tert-OH is 1. The molecule has 8 fully saturated rings. The molecule has 2 N–H and O–H groups in total. The second kappa shape index (κ2) is 76.5. The van der Waals surface area contributed by atoms with Crippen molar-refractivity contribution in [1.82, 2.24) is 0 Å². The maximum atomic E-state index is 12.2.